The zero-order valence-electron chi connectivity index (χ0n) is 22.1. The van der Waals surface area contributed by atoms with Gasteiger partial charge in [-0.2, -0.15) is 0 Å². The maximum atomic E-state index is 11.9. The zero-order valence-corrected chi connectivity index (χ0v) is 22.1. The maximum Gasteiger partial charge on any atom is 0.303 e. The van der Waals surface area contributed by atoms with Crippen LogP contribution >= 0.6 is 0 Å². The van der Waals surface area contributed by atoms with Crippen LogP contribution in [0.4, 0.5) is 0 Å². The fourth-order valence-electron chi connectivity index (χ4n) is 4.22. The van der Waals surface area contributed by atoms with E-state index in [0.29, 0.717) is 0 Å². The Morgan fingerprint density at radius 1 is 0.658 bits per heavy atom. The largest absolute Gasteiger partial charge is 0.463 e. The Kier molecular flexibility index (Phi) is 11.4. The molecule has 15 heteroatoms. The Labute approximate surface area is 218 Å². The third-order valence-corrected chi connectivity index (χ3v) is 5.56. The van der Waals surface area contributed by atoms with Crippen molar-refractivity contribution in [3.8, 4) is 0 Å². The molecule has 0 aromatic heterocycles. The van der Waals surface area contributed by atoms with Gasteiger partial charge in [-0.05, 0) is 6.92 Å². The Morgan fingerprint density at radius 3 is 1.61 bits per heavy atom. The lowest BCUT2D eigenvalue weighted by Gasteiger charge is -2.47. The van der Waals surface area contributed by atoms with E-state index in [-0.39, 0.29) is 6.61 Å². The first kappa shape index (κ1) is 31.4. The van der Waals surface area contributed by atoms with Crippen molar-refractivity contribution in [2.24, 2.45) is 0 Å². The molecule has 2 heterocycles. The normalized spacial score (nSPS) is 34.9. The first-order valence-corrected chi connectivity index (χ1v) is 11.7. The summed E-state index contributed by atoms with van der Waals surface area (Å²) in [6.45, 7) is 6.78. The molecule has 0 unspecified atom stereocenters. The van der Waals surface area contributed by atoms with Crippen LogP contribution in [0.15, 0.2) is 0 Å². The lowest BCUT2D eigenvalue weighted by molar-refractivity contribution is -0.361. The quantitative estimate of drug-likeness (QED) is 0.275. The van der Waals surface area contributed by atoms with Crippen molar-refractivity contribution in [2.75, 3.05) is 13.7 Å². The summed E-state index contributed by atoms with van der Waals surface area (Å²) in [5.41, 5.74) is 0. The molecule has 216 valence electrons. The smallest absolute Gasteiger partial charge is 0.303 e. The van der Waals surface area contributed by atoms with Crippen molar-refractivity contribution >= 4 is 29.8 Å². The van der Waals surface area contributed by atoms with Crippen molar-refractivity contribution in [3.05, 3.63) is 0 Å². The highest BCUT2D eigenvalue weighted by Gasteiger charge is 2.55. The molecule has 10 atom stereocenters. The van der Waals surface area contributed by atoms with Gasteiger partial charge in [0.2, 0.25) is 0 Å². The molecule has 38 heavy (non-hydrogen) atoms. The minimum Gasteiger partial charge on any atom is -0.463 e. The van der Waals surface area contributed by atoms with E-state index in [2.05, 4.69) is 0 Å². The number of aliphatic hydroxyl groups is 1. The Balaban J connectivity index is 2.43. The van der Waals surface area contributed by atoms with E-state index in [9.17, 15) is 29.1 Å². The summed E-state index contributed by atoms with van der Waals surface area (Å²) in [6.07, 6.45) is -13.2. The Hall–Kier alpha value is -2.85. The van der Waals surface area contributed by atoms with Crippen molar-refractivity contribution in [2.45, 2.75) is 103 Å². The highest BCUT2D eigenvalue weighted by molar-refractivity contribution is 5.68. The fourth-order valence-corrected chi connectivity index (χ4v) is 4.22. The summed E-state index contributed by atoms with van der Waals surface area (Å²) in [5, 5.41) is 10.8. The second kappa shape index (κ2) is 13.8. The van der Waals surface area contributed by atoms with Gasteiger partial charge in [0.05, 0.1) is 6.10 Å². The number of methoxy groups -OCH3 is 1. The highest BCUT2D eigenvalue weighted by atomic mass is 16.8. The molecule has 0 aliphatic carbocycles. The summed E-state index contributed by atoms with van der Waals surface area (Å²) >= 11 is 0. The number of carbonyl (C=O) groups excluding carboxylic acids is 5. The van der Waals surface area contributed by atoms with Gasteiger partial charge in [0.15, 0.2) is 43.1 Å². The van der Waals surface area contributed by atoms with Gasteiger partial charge in [0.25, 0.3) is 0 Å². The minimum absolute atomic E-state index is 0.332. The van der Waals surface area contributed by atoms with Crippen LogP contribution in [-0.2, 0) is 66.6 Å². The van der Waals surface area contributed by atoms with Crippen molar-refractivity contribution < 1.29 is 71.7 Å². The van der Waals surface area contributed by atoms with Crippen LogP contribution in [0, 0.1) is 0 Å². The SMILES string of the molecule is CO[C@@H]1[C@H](OC(C)=O)[C@@H](O[C@@H]2O[C@@H](C)[C@@H](OC(C)=O)[C@@H](OC(C)=O)[C@@H]2OC(C)=O)[C@H](O)O[C@@H]1COC(C)=O. The second-order valence-electron chi connectivity index (χ2n) is 8.67. The van der Waals surface area contributed by atoms with Gasteiger partial charge < -0.3 is 47.7 Å². The predicted molar refractivity (Wildman–Crippen MR) is 120 cm³/mol. The summed E-state index contributed by atoms with van der Waals surface area (Å²) in [7, 11) is 1.28. The van der Waals surface area contributed by atoms with E-state index in [0.717, 1.165) is 27.7 Å². The van der Waals surface area contributed by atoms with E-state index in [1.165, 1.54) is 21.0 Å². The molecule has 2 aliphatic heterocycles. The minimum atomic E-state index is -1.78. The number of aliphatic hydroxyl groups excluding tert-OH is 1. The molecule has 0 aromatic carbocycles. The van der Waals surface area contributed by atoms with Crippen LogP contribution in [0.2, 0.25) is 0 Å². The molecule has 0 bridgehead atoms. The predicted octanol–water partition coefficient (Wildman–Crippen LogP) is -0.861. The summed E-state index contributed by atoms with van der Waals surface area (Å²) < 4.78 is 49.0. The number of carbonyl (C=O) groups is 5. The third kappa shape index (κ3) is 8.33. The molecule has 2 aliphatic rings. The molecule has 2 fully saturated rings. The van der Waals surface area contributed by atoms with E-state index in [1.807, 2.05) is 0 Å². The molecule has 2 rings (SSSR count). The van der Waals surface area contributed by atoms with Crippen LogP contribution in [0.5, 0.6) is 0 Å². The van der Waals surface area contributed by atoms with Crippen LogP contribution in [-0.4, -0.2) is 110 Å². The van der Waals surface area contributed by atoms with Crippen molar-refractivity contribution in [3.63, 3.8) is 0 Å². The first-order valence-electron chi connectivity index (χ1n) is 11.7. The van der Waals surface area contributed by atoms with Crippen LogP contribution < -0.4 is 0 Å². The average molecular weight is 551 g/mol. The molecule has 0 radical (unpaired) electrons. The molecule has 0 aromatic rings. The topological polar surface area (TPSA) is 189 Å². The molecule has 0 spiro atoms. The number of hydrogen-bond donors (Lipinski definition) is 1. The highest BCUT2D eigenvalue weighted by Crippen LogP contribution is 2.34. The molecule has 0 saturated carbocycles. The van der Waals surface area contributed by atoms with E-state index in [1.54, 1.807) is 0 Å². The Morgan fingerprint density at radius 2 is 1.13 bits per heavy atom. The van der Waals surface area contributed by atoms with Crippen molar-refractivity contribution in [1.82, 2.24) is 0 Å². The van der Waals surface area contributed by atoms with E-state index >= 15 is 0 Å². The molecule has 15 nitrogen and oxygen atoms in total. The summed E-state index contributed by atoms with van der Waals surface area (Å²) in [4.78, 5) is 58.7. The van der Waals surface area contributed by atoms with Gasteiger partial charge in [-0.3, -0.25) is 24.0 Å². The van der Waals surface area contributed by atoms with Gasteiger partial charge in [0, 0.05) is 41.7 Å². The lowest BCUT2D eigenvalue weighted by atomic mass is 9.96. The molecular formula is C23H34O15. The van der Waals surface area contributed by atoms with Gasteiger partial charge in [-0.25, -0.2) is 0 Å². The number of ether oxygens (including phenoxy) is 9. The monoisotopic (exact) mass is 550 g/mol. The molecule has 2 saturated heterocycles. The standard InChI is InChI=1S/C23H34O15/c1-9-16(33-11(3)25)18(34-12(4)26)21(36-14(6)28)23(32-9)38-20-19(35-13(5)27)17(30-7)15(37-22(20)29)8-31-10(2)24/h9,15-23,29H,8H2,1-7H3/t9-,15+,16+,17-,18+,19-,20+,21-,22+,23-/m0/s1. The molecule has 1 N–H and O–H groups in total. The van der Waals surface area contributed by atoms with E-state index < -0.39 is 91.3 Å². The van der Waals surface area contributed by atoms with Gasteiger partial charge >= 0.3 is 29.8 Å². The lowest BCUT2D eigenvalue weighted by Crippen LogP contribution is -2.66. The Bertz CT molecular complexity index is 875. The number of rotatable bonds is 9. The van der Waals surface area contributed by atoms with Crippen molar-refractivity contribution in [1.29, 1.82) is 0 Å². The molecule has 0 amide bonds. The van der Waals surface area contributed by atoms with Crippen LogP contribution in [0.3, 0.4) is 0 Å². The van der Waals surface area contributed by atoms with E-state index in [4.69, 9.17) is 42.6 Å². The van der Waals surface area contributed by atoms with Gasteiger partial charge in [-0.15, -0.1) is 0 Å². The number of hydrogen-bond acceptors (Lipinski definition) is 15. The zero-order chi connectivity index (χ0) is 28.7. The first-order chi connectivity index (χ1) is 17.7. The van der Waals surface area contributed by atoms with Gasteiger partial charge in [-0.1, -0.05) is 0 Å². The number of esters is 5. The maximum absolute atomic E-state index is 11.9. The summed E-state index contributed by atoms with van der Waals surface area (Å²) in [6, 6.07) is 0. The molecular weight excluding hydrogens is 516 g/mol. The van der Waals surface area contributed by atoms with Gasteiger partial charge in [0.1, 0.15) is 18.8 Å². The second-order valence-corrected chi connectivity index (χ2v) is 8.67. The van der Waals surface area contributed by atoms with Crippen LogP contribution in [0.25, 0.3) is 0 Å². The average Bonchev–Trinajstić information content (AvgIpc) is 2.78. The van der Waals surface area contributed by atoms with Crippen LogP contribution in [0.1, 0.15) is 41.5 Å². The third-order valence-electron chi connectivity index (χ3n) is 5.56. The fraction of sp³-hybridized carbons (Fsp3) is 0.783. The summed E-state index contributed by atoms with van der Waals surface area (Å²) in [5.74, 6) is -3.67.